The lowest BCUT2D eigenvalue weighted by atomic mass is 10.1. The van der Waals surface area contributed by atoms with Crippen LogP contribution in [0.1, 0.15) is 33.1 Å². The second-order valence-corrected chi connectivity index (χ2v) is 9.25. The van der Waals surface area contributed by atoms with E-state index in [0.717, 1.165) is 23.4 Å². The molecule has 2 aromatic heterocycles. The zero-order chi connectivity index (χ0) is 26.7. The fourth-order valence-electron chi connectivity index (χ4n) is 4.46. The summed E-state index contributed by atoms with van der Waals surface area (Å²) in [5.74, 6) is -0.0254. The first kappa shape index (κ1) is 25.5. The number of furan rings is 1. The molecule has 8 nitrogen and oxygen atoms in total. The zero-order valence-corrected chi connectivity index (χ0v) is 20.8. The molecule has 0 radical (unpaired) electrons. The van der Waals surface area contributed by atoms with Crippen LogP contribution in [0, 0.1) is 6.92 Å². The summed E-state index contributed by atoms with van der Waals surface area (Å²) < 4.78 is 47.4. The molecule has 0 unspecified atom stereocenters. The zero-order valence-electron chi connectivity index (χ0n) is 20.8. The van der Waals surface area contributed by atoms with Gasteiger partial charge >= 0.3 is 6.18 Å². The van der Waals surface area contributed by atoms with E-state index >= 15 is 0 Å². The molecule has 0 atom stereocenters. The first-order valence-electron chi connectivity index (χ1n) is 12.2. The highest BCUT2D eigenvalue weighted by Crippen LogP contribution is 2.36. The van der Waals surface area contributed by atoms with Crippen LogP contribution in [0.2, 0.25) is 0 Å². The molecular weight excluding hydrogens is 497 g/mol. The van der Waals surface area contributed by atoms with Crippen LogP contribution in [-0.4, -0.2) is 52.0 Å². The summed E-state index contributed by atoms with van der Waals surface area (Å²) in [5, 5.41) is 11.1. The van der Waals surface area contributed by atoms with E-state index in [1.807, 2.05) is 41.4 Å². The van der Waals surface area contributed by atoms with Crippen molar-refractivity contribution >= 4 is 17.3 Å². The number of carbonyl (C=O) groups excluding carboxylic acids is 1. The highest BCUT2D eigenvalue weighted by atomic mass is 19.4. The predicted molar refractivity (Wildman–Crippen MR) is 136 cm³/mol. The van der Waals surface area contributed by atoms with Gasteiger partial charge in [0.15, 0.2) is 5.76 Å². The number of carbonyl (C=O) groups is 1. The molecule has 38 heavy (non-hydrogen) atoms. The van der Waals surface area contributed by atoms with Gasteiger partial charge < -0.3 is 14.6 Å². The molecule has 0 saturated carbocycles. The maximum atomic E-state index is 13.4. The van der Waals surface area contributed by atoms with E-state index in [-0.39, 0.29) is 11.4 Å². The van der Waals surface area contributed by atoms with Crippen molar-refractivity contribution in [1.82, 2.24) is 19.9 Å². The van der Waals surface area contributed by atoms with Gasteiger partial charge in [-0.05, 0) is 42.8 Å². The van der Waals surface area contributed by atoms with Crippen LogP contribution >= 0.6 is 0 Å². The smallest absolute Gasteiger partial charge is 0.416 e. The molecule has 5 rings (SSSR count). The third-order valence-electron chi connectivity index (χ3n) is 6.41. The minimum atomic E-state index is -4.53. The fourth-order valence-corrected chi connectivity index (χ4v) is 4.46. The summed E-state index contributed by atoms with van der Waals surface area (Å²) in [4.78, 5) is 16.9. The lowest BCUT2D eigenvalue weighted by Gasteiger charge is -2.36. The third-order valence-corrected chi connectivity index (χ3v) is 6.41. The van der Waals surface area contributed by atoms with Gasteiger partial charge in [0.1, 0.15) is 5.76 Å². The van der Waals surface area contributed by atoms with Crippen LogP contribution in [-0.2, 0) is 19.3 Å². The molecule has 0 spiro atoms. The lowest BCUT2D eigenvalue weighted by molar-refractivity contribution is -0.137. The van der Waals surface area contributed by atoms with Crippen molar-refractivity contribution in [1.29, 1.82) is 0 Å². The molecule has 11 heteroatoms. The van der Waals surface area contributed by atoms with Crippen molar-refractivity contribution in [3.63, 3.8) is 0 Å². The molecule has 4 aromatic rings. The number of nitrogens with zero attached hydrogens (tertiary/aromatic N) is 5. The molecule has 1 N–H and O–H groups in total. The van der Waals surface area contributed by atoms with Gasteiger partial charge in [0.2, 0.25) is 0 Å². The molecule has 198 valence electrons. The summed E-state index contributed by atoms with van der Waals surface area (Å²) in [7, 11) is 0. The van der Waals surface area contributed by atoms with E-state index in [4.69, 9.17) is 4.42 Å². The van der Waals surface area contributed by atoms with Gasteiger partial charge in [-0.25, -0.2) is 4.68 Å². The summed E-state index contributed by atoms with van der Waals surface area (Å²) in [6.45, 7) is 5.46. The minimum Gasteiger partial charge on any atom is -0.456 e. The first-order valence-corrected chi connectivity index (χ1v) is 12.2. The Balaban J connectivity index is 1.25. The van der Waals surface area contributed by atoms with Gasteiger partial charge in [0, 0.05) is 32.7 Å². The molecule has 1 fully saturated rings. The topological polar surface area (TPSA) is 79.4 Å². The molecule has 0 aliphatic carbocycles. The van der Waals surface area contributed by atoms with Gasteiger partial charge in [-0.2, -0.15) is 13.2 Å². The number of rotatable bonds is 7. The fraction of sp³-hybridized carbons (Fsp3) is 0.296. The van der Waals surface area contributed by atoms with E-state index in [1.54, 1.807) is 17.7 Å². The molecule has 3 heterocycles. The second-order valence-electron chi connectivity index (χ2n) is 9.25. The number of anilines is 2. The molecule has 1 aliphatic heterocycles. The Kier molecular flexibility index (Phi) is 7.19. The van der Waals surface area contributed by atoms with Crippen LogP contribution in [0.5, 0.6) is 0 Å². The number of hydrogen-bond acceptors (Lipinski definition) is 6. The average molecular weight is 525 g/mol. The van der Waals surface area contributed by atoms with E-state index in [9.17, 15) is 18.0 Å². The Hall–Kier alpha value is -4.12. The van der Waals surface area contributed by atoms with Crippen molar-refractivity contribution in [2.24, 2.45) is 0 Å². The Morgan fingerprint density at radius 3 is 2.45 bits per heavy atom. The Morgan fingerprint density at radius 1 is 1.00 bits per heavy atom. The average Bonchev–Trinajstić information content (AvgIpc) is 3.53. The highest BCUT2D eigenvalue weighted by molar-refractivity contribution is 6.04. The number of hydrogen-bond donors (Lipinski definition) is 1. The molecular formula is C27H27F3N6O2. The second kappa shape index (κ2) is 10.7. The number of aryl methyl sites for hydroxylation is 1. The van der Waals surface area contributed by atoms with Crippen LogP contribution < -0.4 is 10.2 Å². The maximum absolute atomic E-state index is 13.4. The maximum Gasteiger partial charge on any atom is 0.416 e. The Bertz CT molecular complexity index is 1390. The number of alkyl halides is 3. The Labute approximate surface area is 217 Å². The van der Waals surface area contributed by atoms with Crippen LogP contribution in [0.25, 0.3) is 0 Å². The number of nitrogens with one attached hydrogen (secondary N) is 1. The van der Waals surface area contributed by atoms with Crippen molar-refractivity contribution in [3.8, 4) is 0 Å². The standard InChI is InChI=1S/C27H27F3N6O2/c1-19-7-10-25(38-19)26(37)31-23-15-21(27(28,29)30)8-9-24(23)35-13-11-34(12-14-35)17-22-18-36(33-32-22)16-20-5-3-2-4-6-20/h2-10,15,18H,11-14,16-17H2,1H3,(H,31,37). The molecule has 2 aromatic carbocycles. The quantitative estimate of drug-likeness (QED) is 0.374. The number of halogens is 3. The minimum absolute atomic E-state index is 0.0380. The number of aromatic nitrogens is 3. The summed E-state index contributed by atoms with van der Waals surface area (Å²) in [6.07, 6.45) is -2.60. The van der Waals surface area contributed by atoms with Crippen molar-refractivity contribution in [2.75, 3.05) is 36.4 Å². The van der Waals surface area contributed by atoms with Gasteiger partial charge in [-0.1, -0.05) is 35.5 Å². The van der Waals surface area contributed by atoms with Crippen molar-refractivity contribution in [2.45, 2.75) is 26.2 Å². The van der Waals surface area contributed by atoms with Crippen LogP contribution in [0.15, 0.2) is 71.3 Å². The van der Waals surface area contributed by atoms with Gasteiger partial charge in [-0.3, -0.25) is 9.69 Å². The largest absolute Gasteiger partial charge is 0.456 e. The normalized spacial score (nSPS) is 14.6. The van der Waals surface area contributed by atoms with Gasteiger partial charge in [0.05, 0.1) is 35.4 Å². The molecule has 1 aliphatic rings. The molecule has 1 amide bonds. The lowest BCUT2D eigenvalue weighted by Crippen LogP contribution is -2.46. The van der Waals surface area contributed by atoms with Crippen LogP contribution in [0.4, 0.5) is 24.5 Å². The van der Waals surface area contributed by atoms with Gasteiger partial charge in [0.25, 0.3) is 5.91 Å². The first-order chi connectivity index (χ1) is 18.2. The van der Waals surface area contributed by atoms with E-state index in [0.29, 0.717) is 50.7 Å². The van der Waals surface area contributed by atoms with Gasteiger partial charge in [-0.15, -0.1) is 5.10 Å². The summed E-state index contributed by atoms with van der Waals surface area (Å²) >= 11 is 0. The van der Waals surface area contributed by atoms with E-state index < -0.39 is 17.6 Å². The van der Waals surface area contributed by atoms with Crippen LogP contribution in [0.3, 0.4) is 0 Å². The summed E-state index contributed by atoms with van der Waals surface area (Å²) in [6, 6.07) is 16.6. The monoisotopic (exact) mass is 524 g/mol. The van der Waals surface area contributed by atoms with Crippen molar-refractivity contribution in [3.05, 3.63) is 95.2 Å². The van der Waals surface area contributed by atoms with E-state index in [1.165, 1.54) is 12.1 Å². The highest BCUT2D eigenvalue weighted by Gasteiger charge is 2.32. The SMILES string of the molecule is Cc1ccc(C(=O)Nc2cc(C(F)(F)F)ccc2N2CCN(Cc3cn(Cc4ccccc4)nn3)CC2)o1. The number of amides is 1. The predicted octanol–water partition coefficient (Wildman–Crippen LogP) is 4.82. The van der Waals surface area contributed by atoms with Crippen molar-refractivity contribution < 1.29 is 22.4 Å². The number of benzene rings is 2. The Morgan fingerprint density at radius 2 is 1.76 bits per heavy atom. The molecule has 0 bridgehead atoms. The molecule has 1 saturated heterocycles. The summed E-state index contributed by atoms with van der Waals surface area (Å²) in [5.41, 5.74) is 1.79. The number of piperazine rings is 1. The third kappa shape index (κ3) is 6.05. The van der Waals surface area contributed by atoms with E-state index in [2.05, 4.69) is 20.5 Å².